The third kappa shape index (κ3) is 4.65. The highest BCUT2D eigenvalue weighted by atomic mass is 35.5. The summed E-state index contributed by atoms with van der Waals surface area (Å²) in [6.45, 7) is 1.15. The fraction of sp³-hybridized carbons (Fsp3) is 0.733. The Morgan fingerprint density at radius 3 is 2.64 bits per heavy atom. The van der Waals surface area contributed by atoms with Gasteiger partial charge in [-0.05, 0) is 19.3 Å². The van der Waals surface area contributed by atoms with Crippen molar-refractivity contribution in [1.82, 2.24) is 20.7 Å². The van der Waals surface area contributed by atoms with Gasteiger partial charge >= 0.3 is 6.18 Å². The van der Waals surface area contributed by atoms with Crippen LogP contribution in [0.25, 0.3) is 0 Å². The largest absolute Gasteiger partial charge is 0.405 e. The number of carbonyl (C=O) groups is 1. The van der Waals surface area contributed by atoms with Gasteiger partial charge in [-0.25, -0.2) is 0 Å². The molecule has 1 aliphatic carbocycles. The lowest BCUT2D eigenvalue weighted by Gasteiger charge is -2.35. The summed E-state index contributed by atoms with van der Waals surface area (Å²) in [6.07, 6.45) is -1.08. The van der Waals surface area contributed by atoms with Crippen molar-refractivity contribution in [3.05, 3.63) is 17.0 Å². The molecule has 1 amide bonds. The Kier molecular flexibility index (Phi) is 6.70. The molecule has 25 heavy (non-hydrogen) atoms. The second-order valence-electron chi connectivity index (χ2n) is 6.19. The number of alkyl halides is 3. The number of hydrogen-bond acceptors (Lipinski definition) is 5. The zero-order valence-corrected chi connectivity index (χ0v) is 14.5. The standard InChI is InChI=1S/C15H21F3N4O2.ClH/c16-15(17,18)12(22-7-5-19-6-8-22)9-20-14(23)13-10-3-1-2-4-11(10)24-21-13;/h12,19H,1-9H2,(H,20,23);1H. The average Bonchev–Trinajstić information content (AvgIpc) is 2.99. The Bertz CT molecular complexity index is 588. The minimum Gasteiger partial charge on any atom is -0.360 e. The number of halogens is 4. The molecule has 1 atom stereocenters. The van der Waals surface area contributed by atoms with Crippen molar-refractivity contribution < 1.29 is 22.5 Å². The molecule has 6 nitrogen and oxygen atoms in total. The zero-order chi connectivity index (χ0) is 17.2. The number of piperazine rings is 1. The molecule has 0 radical (unpaired) electrons. The third-order valence-corrected chi connectivity index (χ3v) is 4.59. The van der Waals surface area contributed by atoms with E-state index in [-0.39, 0.29) is 18.1 Å². The quantitative estimate of drug-likeness (QED) is 0.826. The molecule has 3 rings (SSSR count). The first-order valence-corrected chi connectivity index (χ1v) is 8.24. The zero-order valence-electron chi connectivity index (χ0n) is 13.7. The summed E-state index contributed by atoms with van der Waals surface area (Å²) >= 11 is 0. The molecule has 0 spiro atoms. The number of aryl methyl sites for hydroxylation is 1. The Morgan fingerprint density at radius 2 is 1.96 bits per heavy atom. The van der Waals surface area contributed by atoms with Crippen LogP contribution >= 0.6 is 12.4 Å². The highest BCUT2D eigenvalue weighted by molar-refractivity contribution is 5.93. The van der Waals surface area contributed by atoms with E-state index in [1.807, 2.05) is 0 Å². The van der Waals surface area contributed by atoms with Crippen LogP contribution in [0.1, 0.15) is 34.7 Å². The molecule has 1 unspecified atom stereocenters. The van der Waals surface area contributed by atoms with E-state index in [9.17, 15) is 18.0 Å². The predicted octanol–water partition coefficient (Wildman–Crippen LogP) is 1.54. The number of aromatic nitrogens is 1. The van der Waals surface area contributed by atoms with Gasteiger partial charge in [-0.2, -0.15) is 13.2 Å². The Hall–Kier alpha value is -1.32. The fourth-order valence-corrected chi connectivity index (χ4v) is 3.28. The predicted molar refractivity (Wildman–Crippen MR) is 87.0 cm³/mol. The lowest BCUT2D eigenvalue weighted by molar-refractivity contribution is -0.183. The lowest BCUT2D eigenvalue weighted by atomic mass is 9.96. The van der Waals surface area contributed by atoms with Crippen molar-refractivity contribution >= 4 is 18.3 Å². The van der Waals surface area contributed by atoms with Gasteiger partial charge in [0.25, 0.3) is 5.91 Å². The van der Waals surface area contributed by atoms with Gasteiger partial charge in [0.1, 0.15) is 11.8 Å². The molecule has 1 aromatic rings. The molecule has 2 aliphatic rings. The molecular formula is C15H22ClF3N4O2. The van der Waals surface area contributed by atoms with Crippen LogP contribution in [0.4, 0.5) is 13.2 Å². The summed E-state index contributed by atoms with van der Waals surface area (Å²) < 4.78 is 45.1. The average molecular weight is 383 g/mol. The van der Waals surface area contributed by atoms with Crippen LogP contribution in [0.3, 0.4) is 0 Å². The van der Waals surface area contributed by atoms with Crippen molar-refractivity contribution in [2.45, 2.75) is 37.9 Å². The van der Waals surface area contributed by atoms with Crippen molar-refractivity contribution in [3.8, 4) is 0 Å². The van der Waals surface area contributed by atoms with Gasteiger partial charge in [0.05, 0.1) is 0 Å². The second kappa shape index (κ2) is 8.37. The smallest absolute Gasteiger partial charge is 0.360 e. The van der Waals surface area contributed by atoms with Gasteiger partial charge in [0, 0.05) is 44.7 Å². The third-order valence-electron chi connectivity index (χ3n) is 4.59. The normalized spacial score (nSPS) is 19.6. The van der Waals surface area contributed by atoms with Crippen LogP contribution in [-0.4, -0.2) is 60.9 Å². The molecule has 1 aliphatic heterocycles. The minimum atomic E-state index is -4.39. The van der Waals surface area contributed by atoms with E-state index in [2.05, 4.69) is 15.8 Å². The van der Waals surface area contributed by atoms with Gasteiger partial charge < -0.3 is 15.2 Å². The molecule has 1 saturated heterocycles. The topological polar surface area (TPSA) is 70.4 Å². The Morgan fingerprint density at radius 1 is 1.28 bits per heavy atom. The number of carbonyl (C=O) groups excluding carboxylic acids is 1. The van der Waals surface area contributed by atoms with E-state index in [1.165, 1.54) is 4.90 Å². The fourth-order valence-electron chi connectivity index (χ4n) is 3.28. The first kappa shape index (κ1) is 20.0. The van der Waals surface area contributed by atoms with Crippen LogP contribution in [-0.2, 0) is 12.8 Å². The summed E-state index contributed by atoms with van der Waals surface area (Å²) in [4.78, 5) is 13.6. The summed E-state index contributed by atoms with van der Waals surface area (Å²) in [5, 5.41) is 9.18. The van der Waals surface area contributed by atoms with Gasteiger partial charge in [-0.3, -0.25) is 9.69 Å². The SMILES string of the molecule is Cl.O=C(NCC(N1CCNCC1)C(F)(F)F)c1noc2c1CCCC2. The summed E-state index contributed by atoms with van der Waals surface area (Å²) in [6, 6.07) is -1.69. The Balaban J connectivity index is 0.00000225. The van der Waals surface area contributed by atoms with Crippen LogP contribution in [0, 0.1) is 0 Å². The number of rotatable bonds is 4. The van der Waals surface area contributed by atoms with E-state index < -0.39 is 24.7 Å². The first-order valence-electron chi connectivity index (χ1n) is 8.24. The molecule has 0 bridgehead atoms. The summed E-state index contributed by atoms with van der Waals surface area (Å²) in [7, 11) is 0. The molecule has 1 fully saturated rings. The van der Waals surface area contributed by atoms with Gasteiger partial charge in [-0.15, -0.1) is 12.4 Å². The second-order valence-corrected chi connectivity index (χ2v) is 6.19. The van der Waals surface area contributed by atoms with E-state index >= 15 is 0 Å². The number of nitrogens with zero attached hydrogens (tertiary/aromatic N) is 2. The maximum absolute atomic E-state index is 13.3. The molecule has 2 heterocycles. The molecule has 142 valence electrons. The van der Waals surface area contributed by atoms with Crippen LogP contribution in [0.2, 0.25) is 0 Å². The van der Waals surface area contributed by atoms with E-state index in [0.717, 1.165) is 24.8 Å². The summed E-state index contributed by atoms with van der Waals surface area (Å²) in [5.74, 6) is 0.0900. The number of fused-ring (bicyclic) bond motifs is 1. The molecule has 0 saturated carbocycles. The van der Waals surface area contributed by atoms with Crippen LogP contribution in [0.15, 0.2) is 4.52 Å². The maximum Gasteiger partial charge on any atom is 0.405 e. The van der Waals surface area contributed by atoms with Crippen LogP contribution < -0.4 is 10.6 Å². The molecule has 2 N–H and O–H groups in total. The van der Waals surface area contributed by atoms with Crippen LogP contribution in [0.5, 0.6) is 0 Å². The van der Waals surface area contributed by atoms with Gasteiger partial charge in [0.15, 0.2) is 5.69 Å². The van der Waals surface area contributed by atoms with Gasteiger partial charge in [0.2, 0.25) is 0 Å². The highest BCUT2D eigenvalue weighted by Gasteiger charge is 2.44. The number of hydrogen-bond donors (Lipinski definition) is 2. The first-order chi connectivity index (χ1) is 11.5. The van der Waals surface area contributed by atoms with Crippen molar-refractivity contribution in [2.24, 2.45) is 0 Å². The van der Waals surface area contributed by atoms with Crippen molar-refractivity contribution in [3.63, 3.8) is 0 Å². The van der Waals surface area contributed by atoms with Gasteiger partial charge in [-0.1, -0.05) is 5.16 Å². The lowest BCUT2D eigenvalue weighted by Crippen LogP contribution is -2.57. The van der Waals surface area contributed by atoms with E-state index in [0.29, 0.717) is 38.4 Å². The number of nitrogens with one attached hydrogen (secondary N) is 2. The monoisotopic (exact) mass is 382 g/mol. The van der Waals surface area contributed by atoms with Crippen molar-refractivity contribution in [2.75, 3.05) is 32.7 Å². The minimum absolute atomic E-state index is 0. The molecule has 10 heteroatoms. The number of amides is 1. The van der Waals surface area contributed by atoms with Crippen molar-refractivity contribution in [1.29, 1.82) is 0 Å². The maximum atomic E-state index is 13.3. The molecular weight excluding hydrogens is 361 g/mol. The highest BCUT2D eigenvalue weighted by Crippen LogP contribution is 2.26. The molecule has 0 aromatic carbocycles. The van der Waals surface area contributed by atoms with E-state index in [1.54, 1.807) is 0 Å². The van der Waals surface area contributed by atoms with E-state index in [4.69, 9.17) is 4.52 Å². The Labute approximate surface area is 149 Å². The molecule has 1 aromatic heterocycles. The summed E-state index contributed by atoms with van der Waals surface area (Å²) in [5.41, 5.74) is 0.871.